The molecular weight excluding hydrogens is 459 g/mol. The molecule has 0 aliphatic heterocycles. The van der Waals surface area contributed by atoms with E-state index in [-0.39, 0.29) is 6.61 Å². The molecule has 0 aliphatic rings. The van der Waals surface area contributed by atoms with E-state index in [0.717, 1.165) is 16.8 Å². The number of aryl methyl sites for hydroxylation is 2. The summed E-state index contributed by atoms with van der Waals surface area (Å²) in [6.45, 7) is 5.41. The Bertz CT molecular complexity index is 1400. The molecule has 2 aromatic heterocycles. The minimum atomic E-state index is -0.636. The molecule has 0 aliphatic carbocycles. The second-order valence-corrected chi connectivity index (χ2v) is 8.30. The molecule has 0 bridgehead atoms. The summed E-state index contributed by atoms with van der Waals surface area (Å²) in [5.74, 6) is 0.145. The van der Waals surface area contributed by atoms with Gasteiger partial charge in [-0.3, -0.25) is 9.20 Å². The lowest BCUT2D eigenvalue weighted by Gasteiger charge is -2.18. The number of imidazole rings is 1. The van der Waals surface area contributed by atoms with E-state index in [2.05, 4.69) is 5.32 Å². The number of rotatable bonds is 7. The van der Waals surface area contributed by atoms with E-state index in [9.17, 15) is 9.18 Å². The number of anilines is 2. The number of fused-ring (bicyclic) bond motifs is 1. The number of nitrogens with zero attached hydrogens (tertiary/aromatic N) is 2. The summed E-state index contributed by atoms with van der Waals surface area (Å²) in [5.41, 5.74) is 10.3. The van der Waals surface area contributed by atoms with Crippen molar-refractivity contribution in [1.82, 2.24) is 9.38 Å². The molecule has 0 unspecified atom stereocenters. The molecule has 176 valence electrons. The van der Waals surface area contributed by atoms with Crippen molar-refractivity contribution in [3.63, 3.8) is 0 Å². The highest BCUT2D eigenvalue weighted by Gasteiger charge is 2.25. The lowest BCUT2D eigenvalue weighted by Crippen LogP contribution is -2.20. The van der Waals surface area contributed by atoms with Crippen molar-refractivity contribution >= 4 is 34.7 Å². The summed E-state index contributed by atoms with van der Waals surface area (Å²) in [6, 6.07) is 10.4. The van der Waals surface area contributed by atoms with Crippen molar-refractivity contribution in [3.05, 3.63) is 70.1 Å². The summed E-state index contributed by atoms with van der Waals surface area (Å²) < 4.78 is 27.0. The normalized spacial score (nSPS) is 11.0. The topological polar surface area (TPSA) is 90.9 Å². The molecule has 34 heavy (non-hydrogen) atoms. The van der Waals surface area contributed by atoms with Gasteiger partial charge in [-0.15, -0.1) is 0 Å². The first-order valence-corrected chi connectivity index (χ1v) is 10.9. The predicted octanol–water partition coefficient (Wildman–Crippen LogP) is 5.34. The molecule has 4 aromatic rings. The molecule has 1 amide bonds. The lowest BCUT2D eigenvalue weighted by atomic mass is 10.0. The largest absolute Gasteiger partial charge is 0.495 e. The Morgan fingerprint density at radius 1 is 1.18 bits per heavy atom. The Hall–Kier alpha value is -3.78. The minimum Gasteiger partial charge on any atom is -0.495 e. The molecule has 3 N–H and O–H groups in total. The van der Waals surface area contributed by atoms with E-state index < -0.39 is 11.7 Å². The number of hydrogen-bond donors (Lipinski definition) is 2. The van der Waals surface area contributed by atoms with Crippen LogP contribution in [0.25, 0.3) is 16.9 Å². The summed E-state index contributed by atoms with van der Waals surface area (Å²) in [7, 11) is 1.49. The Kier molecular flexibility index (Phi) is 6.34. The van der Waals surface area contributed by atoms with Crippen LogP contribution in [0.15, 0.2) is 42.6 Å². The number of carbonyl (C=O) groups excluding carboxylic acids is 1. The fourth-order valence-electron chi connectivity index (χ4n) is 3.88. The van der Waals surface area contributed by atoms with E-state index in [1.165, 1.54) is 19.4 Å². The third-order valence-electron chi connectivity index (χ3n) is 5.56. The van der Waals surface area contributed by atoms with Crippen molar-refractivity contribution in [1.29, 1.82) is 0 Å². The average Bonchev–Trinajstić information content (AvgIpc) is 3.13. The van der Waals surface area contributed by atoms with Crippen LogP contribution in [0.1, 0.15) is 16.7 Å². The van der Waals surface area contributed by atoms with Crippen molar-refractivity contribution < 1.29 is 18.7 Å². The predicted molar refractivity (Wildman–Crippen MR) is 131 cm³/mol. The second-order valence-electron chi connectivity index (χ2n) is 7.92. The number of hydrogen-bond acceptors (Lipinski definition) is 5. The number of primary amides is 1. The fourth-order valence-corrected chi connectivity index (χ4v) is 4.11. The number of aromatic nitrogens is 2. The number of para-hydroxylation sites is 1. The molecule has 0 radical (unpaired) electrons. The van der Waals surface area contributed by atoms with E-state index >= 15 is 0 Å². The molecule has 9 heteroatoms. The van der Waals surface area contributed by atoms with E-state index in [1.807, 2.05) is 32.0 Å². The molecule has 0 saturated heterocycles. The first-order valence-electron chi connectivity index (χ1n) is 10.5. The molecule has 7 nitrogen and oxygen atoms in total. The average molecular weight is 483 g/mol. The van der Waals surface area contributed by atoms with Gasteiger partial charge in [0.1, 0.15) is 34.5 Å². The van der Waals surface area contributed by atoms with Gasteiger partial charge in [-0.05, 0) is 49.6 Å². The van der Waals surface area contributed by atoms with Crippen molar-refractivity contribution in [2.45, 2.75) is 20.8 Å². The summed E-state index contributed by atoms with van der Waals surface area (Å²) >= 11 is 6.58. The number of nitrogens with one attached hydrogen (secondary N) is 1. The van der Waals surface area contributed by atoms with E-state index in [1.54, 1.807) is 23.5 Å². The third-order valence-corrected chi connectivity index (χ3v) is 6.03. The number of benzene rings is 2. The minimum absolute atomic E-state index is 0.311. The Morgan fingerprint density at radius 3 is 2.53 bits per heavy atom. The van der Waals surface area contributed by atoms with Crippen molar-refractivity contribution in [3.8, 4) is 22.8 Å². The molecule has 2 heterocycles. The zero-order valence-electron chi connectivity index (χ0n) is 19.2. The van der Waals surface area contributed by atoms with Gasteiger partial charge < -0.3 is 20.5 Å². The molecule has 0 spiro atoms. The van der Waals surface area contributed by atoms with Crippen LogP contribution in [-0.4, -0.2) is 29.0 Å². The van der Waals surface area contributed by atoms with Crippen molar-refractivity contribution in [2.24, 2.45) is 5.73 Å². The Labute approximate surface area is 201 Å². The number of nitrogens with two attached hydrogens (primary N) is 1. The van der Waals surface area contributed by atoms with Crippen LogP contribution in [0.3, 0.4) is 0 Å². The maximum atomic E-state index is 14.3. The standard InChI is InChI=1S/C25H24ClFN4O3/c1-13-6-5-7-14(2)23(13)30-25-24(29-20-9-8-16(27)11-31(20)25)21-15(3)22(26)18(33-4)10-17(21)34-12-19(28)32/h5-11,30H,12H2,1-4H3,(H2,28,32). The zero-order valence-corrected chi connectivity index (χ0v) is 20.0. The monoisotopic (exact) mass is 482 g/mol. The van der Waals surface area contributed by atoms with Gasteiger partial charge in [0, 0.05) is 18.0 Å². The maximum Gasteiger partial charge on any atom is 0.255 e. The van der Waals surface area contributed by atoms with Gasteiger partial charge in [-0.25, -0.2) is 9.37 Å². The van der Waals surface area contributed by atoms with Crippen molar-refractivity contribution in [2.75, 3.05) is 19.0 Å². The van der Waals surface area contributed by atoms with E-state index in [4.69, 9.17) is 31.8 Å². The summed E-state index contributed by atoms with van der Waals surface area (Å²) in [5, 5.41) is 3.80. The zero-order chi connectivity index (χ0) is 24.6. The van der Waals surface area contributed by atoms with Crippen LogP contribution in [0.5, 0.6) is 11.5 Å². The number of amides is 1. The van der Waals surface area contributed by atoms with Gasteiger partial charge in [0.15, 0.2) is 6.61 Å². The summed E-state index contributed by atoms with van der Waals surface area (Å²) in [6.07, 6.45) is 1.35. The van der Waals surface area contributed by atoms with Gasteiger partial charge >= 0.3 is 0 Å². The molecule has 0 atom stereocenters. The number of carbonyl (C=O) groups is 1. The Morgan fingerprint density at radius 2 is 1.88 bits per heavy atom. The molecule has 0 saturated carbocycles. The van der Waals surface area contributed by atoms with Gasteiger partial charge in [0.25, 0.3) is 5.91 Å². The second kappa shape index (κ2) is 9.23. The number of methoxy groups -OCH3 is 1. The molecular formula is C25H24ClFN4O3. The lowest BCUT2D eigenvalue weighted by molar-refractivity contribution is -0.119. The highest BCUT2D eigenvalue weighted by atomic mass is 35.5. The van der Waals surface area contributed by atoms with Crippen LogP contribution in [0.4, 0.5) is 15.9 Å². The first-order chi connectivity index (χ1) is 16.2. The molecule has 2 aromatic carbocycles. The van der Waals surface area contributed by atoms with Gasteiger partial charge in [0.2, 0.25) is 0 Å². The van der Waals surface area contributed by atoms with Crippen LogP contribution >= 0.6 is 11.6 Å². The van der Waals surface area contributed by atoms with Crippen LogP contribution in [0.2, 0.25) is 5.02 Å². The number of halogens is 2. The van der Waals surface area contributed by atoms with Crippen LogP contribution in [0, 0.1) is 26.6 Å². The van der Waals surface area contributed by atoms with Gasteiger partial charge in [-0.1, -0.05) is 29.8 Å². The highest BCUT2D eigenvalue weighted by Crippen LogP contribution is 2.45. The number of ether oxygens (including phenoxy) is 2. The smallest absolute Gasteiger partial charge is 0.255 e. The fraction of sp³-hybridized carbons (Fsp3) is 0.200. The quantitative estimate of drug-likeness (QED) is 0.371. The SMILES string of the molecule is COc1cc(OCC(N)=O)c(-c2nc3ccc(F)cn3c2Nc2c(C)cccc2C)c(C)c1Cl. The Balaban J connectivity index is 2.02. The highest BCUT2D eigenvalue weighted by molar-refractivity contribution is 6.33. The molecule has 0 fully saturated rings. The van der Waals surface area contributed by atoms with Gasteiger partial charge in [0.05, 0.1) is 17.7 Å². The van der Waals surface area contributed by atoms with E-state index in [0.29, 0.717) is 44.8 Å². The number of pyridine rings is 1. The maximum absolute atomic E-state index is 14.3. The molecule has 4 rings (SSSR count). The van der Waals surface area contributed by atoms with Gasteiger partial charge in [-0.2, -0.15) is 0 Å². The van der Waals surface area contributed by atoms with Crippen LogP contribution in [-0.2, 0) is 4.79 Å². The summed E-state index contributed by atoms with van der Waals surface area (Å²) in [4.78, 5) is 16.2. The third kappa shape index (κ3) is 4.24. The first kappa shape index (κ1) is 23.4. The van der Waals surface area contributed by atoms with Crippen LogP contribution < -0.4 is 20.5 Å².